The summed E-state index contributed by atoms with van der Waals surface area (Å²) in [7, 11) is 1.98. The van der Waals surface area contributed by atoms with E-state index in [9.17, 15) is 0 Å². The van der Waals surface area contributed by atoms with Gasteiger partial charge in [0.05, 0.1) is 17.5 Å². The molecule has 0 unspecified atom stereocenters. The topological polar surface area (TPSA) is 72.9 Å². The second-order valence-electron chi connectivity index (χ2n) is 6.31. The molecule has 3 heterocycles. The lowest BCUT2D eigenvalue weighted by molar-refractivity contribution is 0.639. The van der Waals surface area contributed by atoms with Crippen LogP contribution in [0, 0.1) is 6.92 Å². The quantitative estimate of drug-likeness (QED) is 0.778. The van der Waals surface area contributed by atoms with Crippen molar-refractivity contribution in [2.24, 2.45) is 12.8 Å². The summed E-state index contributed by atoms with van der Waals surface area (Å²) in [6, 6.07) is 6.26. The Morgan fingerprint density at radius 1 is 1.17 bits per heavy atom. The Kier molecular flexibility index (Phi) is 3.27. The van der Waals surface area contributed by atoms with Gasteiger partial charge in [-0.1, -0.05) is 12.1 Å². The largest absolute Gasteiger partial charge is 0.354 e. The molecule has 1 fully saturated rings. The van der Waals surface area contributed by atoms with Gasteiger partial charge in [0.15, 0.2) is 0 Å². The van der Waals surface area contributed by atoms with Gasteiger partial charge < -0.3 is 15.2 Å². The molecule has 23 heavy (non-hydrogen) atoms. The van der Waals surface area contributed by atoms with E-state index >= 15 is 0 Å². The third-order valence-corrected chi connectivity index (χ3v) is 4.61. The Labute approximate surface area is 135 Å². The monoisotopic (exact) mass is 308 g/mol. The van der Waals surface area contributed by atoms with Gasteiger partial charge in [-0.15, -0.1) is 0 Å². The van der Waals surface area contributed by atoms with Gasteiger partial charge in [-0.2, -0.15) is 0 Å². The maximum absolute atomic E-state index is 6.39. The molecule has 0 amide bonds. The number of rotatable bonds is 2. The summed E-state index contributed by atoms with van der Waals surface area (Å²) in [6.45, 7) is 3.69. The van der Waals surface area contributed by atoms with E-state index in [1.54, 1.807) is 6.33 Å². The first-order valence-corrected chi connectivity index (χ1v) is 7.82. The van der Waals surface area contributed by atoms with E-state index in [4.69, 9.17) is 5.73 Å². The van der Waals surface area contributed by atoms with E-state index in [-0.39, 0.29) is 12.0 Å². The van der Waals surface area contributed by atoms with Crippen molar-refractivity contribution in [3.8, 4) is 0 Å². The van der Waals surface area contributed by atoms with Gasteiger partial charge in [0, 0.05) is 43.7 Å². The summed E-state index contributed by atoms with van der Waals surface area (Å²) in [5.74, 6) is 1.19. The highest BCUT2D eigenvalue weighted by atomic mass is 15.2. The number of aryl methyl sites for hydroxylation is 2. The number of nitrogens with zero attached hydrogens (tertiary/aromatic N) is 5. The molecule has 1 saturated heterocycles. The van der Waals surface area contributed by atoms with Crippen molar-refractivity contribution in [2.45, 2.75) is 18.9 Å². The van der Waals surface area contributed by atoms with E-state index in [0.717, 1.165) is 41.1 Å². The Morgan fingerprint density at radius 2 is 2.04 bits per heavy atom. The standard InChI is InChI=1S/C17H20N6/c1-11-4-3-5-12-16(11)19-9-20-17(12)23-6-13(14(18)7-23)15-8-22(2)10-21-15/h3-5,8-10,13-14H,6-7,18H2,1-2H3/t13-,14-/m1/s1. The Morgan fingerprint density at radius 3 is 2.83 bits per heavy atom. The molecular weight excluding hydrogens is 288 g/mol. The van der Waals surface area contributed by atoms with Crippen LogP contribution in [-0.2, 0) is 7.05 Å². The smallest absolute Gasteiger partial charge is 0.139 e. The lowest BCUT2D eigenvalue weighted by atomic mass is 10.0. The summed E-state index contributed by atoms with van der Waals surface area (Å²) in [6.07, 6.45) is 5.52. The zero-order chi connectivity index (χ0) is 16.0. The van der Waals surface area contributed by atoms with Crippen LogP contribution in [0.3, 0.4) is 0 Å². The van der Waals surface area contributed by atoms with E-state index in [0.29, 0.717) is 0 Å². The minimum Gasteiger partial charge on any atom is -0.354 e. The first kappa shape index (κ1) is 14.1. The average Bonchev–Trinajstić information content (AvgIpc) is 3.13. The van der Waals surface area contributed by atoms with Gasteiger partial charge in [0.2, 0.25) is 0 Å². The second-order valence-corrected chi connectivity index (χ2v) is 6.31. The molecule has 2 aromatic heterocycles. The first-order chi connectivity index (χ1) is 11.1. The number of nitrogens with two attached hydrogens (primary N) is 1. The fraction of sp³-hybridized carbons (Fsp3) is 0.353. The highest BCUT2D eigenvalue weighted by Gasteiger charge is 2.34. The molecule has 0 saturated carbocycles. The number of para-hydroxylation sites is 1. The Bertz CT molecular complexity index is 855. The number of hydrogen-bond acceptors (Lipinski definition) is 5. The molecule has 6 heteroatoms. The third-order valence-electron chi connectivity index (χ3n) is 4.61. The minimum absolute atomic E-state index is 0.0553. The van der Waals surface area contributed by atoms with Crippen molar-refractivity contribution in [3.05, 3.63) is 48.3 Å². The lowest BCUT2D eigenvalue weighted by Crippen LogP contribution is -2.29. The molecule has 1 aromatic carbocycles. The second kappa shape index (κ2) is 5.31. The van der Waals surface area contributed by atoms with Crippen molar-refractivity contribution >= 4 is 16.7 Å². The van der Waals surface area contributed by atoms with Crippen molar-refractivity contribution < 1.29 is 0 Å². The van der Waals surface area contributed by atoms with Crippen LogP contribution in [0.15, 0.2) is 37.1 Å². The molecule has 0 radical (unpaired) electrons. The summed E-state index contributed by atoms with van der Waals surface area (Å²) in [5, 5.41) is 1.08. The van der Waals surface area contributed by atoms with Crippen LogP contribution in [-0.4, -0.2) is 38.7 Å². The molecule has 1 aliphatic heterocycles. The highest BCUT2D eigenvalue weighted by Crippen LogP contribution is 2.32. The van der Waals surface area contributed by atoms with Crippen LogP contribution in [0.4, 0.5) is 5.82 Å². The molecule has 2 N–H and O–H groups in total. The molecule has 118 valence electrons. The number of fused-ring (bicyclic) bond motifs is 1. The summed E-state index contributed by atoms with van der Waals surface area (Å²) in [5.41, 5.74) is 9.61. The molecule has 0 aliphatic carbocycles. The third kappa shape index (κ3) is 2.35. The van der Waals surface area contributed by atoms with E-state index < -0.39 is 0 Å². The van der Waals surface area contributed by atoms with Crippen molar-refractivity contribution in [1.82, 2.24) is 19.5 Å². The fourth-order valence-electron chi connectivity index (χ4n) is 3.41. The number of benzene rings is 1. The van der Waals surface area contributed by atoms with Crippen molar-refractivity contribution in [1.29, 1.82) is 0 Å². The zero-order valence-electron chi connectivity index (χ0n) is 13.3. The van der Waals surface area contributed by atoms with E-state index in [1.165, 1.54) is 0 Å². The van der Waals surface area contributed by atoms with Crippen LogP contribution in [0.2, 0.25) is 0 Å². The van der Waals surface area contributed by atoms with Crippen LogP contribution >= 0.6 is 0 Å². The van der Waals surface area contributed by atoms with Gasteiger partial charge in [-0.3, -0.25) is 0 Å². The molecule has 6 nitrogen and oxygen atoms in total. The van der Waals surface area contributed by atoms with Crippen LogP contribution < -0.4 is 10.6 Å². The predicted octanol–water partition coefficient (Wildman–Crippen LogP) is 1.60. The Hall–Kier alpha value is -2.47. The van der Waals surface area contributed by atoms with Crippen LogP contribution in [0.1, 0.15) is 17.2 Å². The predicted molar refractivity (Wildman–Crippen MR) is 90.4 cm³/mol. The zero-order valence-corrected chi connectivity index (χ0v) is 13.3. The van der Waals surface area contributed by atoms with Gasteiger partial charge in [-0.25, -0.2) is 15.0 Å². The number of aromatic nitrogens is 4. The molecular formula is C17H20N6. The summed E-state index contributed by atoms with van der Waals surface area (Å²) >= 11 is 0. The summed E-state index contributed by atoms with van der Waals surface area (Å²) in [4.78, 5) is 15.7. The SMILES string of the molecule is Cc1cccc2c(N3C[C@@H](N)[C@H](c4cn(C)cn4)C3)ncnc12. The van der Waals surface area contributed by atoms with E-state index in [2.05, 4.69) is 51.2 Å². The maximum Gasteiger partial charge on any atom is 0.139 e. The van der Waals surface area contributed by atoms with Crippen molar-refractivity contribution in [2.75, 3.05) is 18.0 Å². The molecule has 1 aliphatic rings. The first-order valence-electron chi connectivity index (χ1n) is 7.82. The highest BCUT2D eigenvalue weighted by molar-refractivity contribution is 5.91. The van der Waals surface area contributed by atoms with Gasteiger partial charge in [-0.05, 0) is 18.6 Å². The molecule has 4 rings (SSSR count). The van der Waals surface area contributed by atoms with Gasteiger partial charge in [0.25, 0.3) is 0 Å². The minimum atomic E-state index is 0.0553. The number of hydrogen-bond donors (Lipinski definition) is 1. The van der Waals surface area contributed by atoms with Crippen LogP contribution in [0.25, 0.3) is 10.9 Å². The van der Waals surface area contributed by atoms with E-state index in [1.807, 2.05) is 17.9 Å². The Balaban J connectivity index is 1.71. The summed E-state index contributed by atoms with van der Waals surface area (Å²) < 4.78 is 1.97. The van der Waals surface area contributed by atoms with Gasteiger partial charge >= 0.3 is 0 Å². The molecule has 3 aromatic rings. The van der Waals surface area contributed by atoms with Gasteiger partial charge in [0.1, 0.15) is 12.1 Å². The normalized spacial score (nSPS) is 21.3. The lowest BCUT2D eigenvalue weighted by Gasteiger charge is -2.19. The van der Waals surface area contributed by atoms with Crippen LogP contribution in [0.5, 0.6) is 0 Å². The molecule has 2 atom stereocenters. The number of anilines is 1. The fourth-order valence-corrected chi connectivity index (χ4v) is 3.41. The number of imidazole rings is 1. The molecule has 0 spiro atoms. The maximum atomic E-state index is 6.39. The molecule has 0 bridgehead atoms. The average molecular weight is 308 g/mol. The van der Waals surface area contributed by atoms with Crippen molar-refractivity contribution in [3.63, 3.8) is 0 Å².